The van der Waals surface area contributed by atoms with Crippen molar-refractivity contribution in [1.82, 2.24) is 0 Å². The lowest BCUT2D eigenvalue weighted by molar-refractivity contribution is 0.509. The summed E-state index contributed by atoms with van der Waals surface area (Å²) in [4.78, 5) is 0. The number of benzene rings is 2. The SMILES string of the molecule is CC(CCc1ccccc1)Nc1cccc(F)c1F. The summed E-state index contributed by atoms with van der Waals surface area (Å²) in [5.41, 5.74) is 1.47. The number of rotatable bonds is 5. The van der Waals surface area contributed by atoms with Gasteiger partial charge in [0.05, 0.1) is 5.69 Å². The smallest absolute Gasteiger partial charge is 0.181 e. The van der Waals surface area contributed by atoms with Gasteiger partial charge in [-0.1, -0.05) is 36.4 Å². The fraction of sp³-hybridized carbons (Fsp3) is 0.250. The summed E-state index contributed by atoms with van der Waals surface area (Å²) in [6.45, 7) is 1.97. The highest BCUT2D eigenvalue weighted by Crippen LogP contribution is 2.18. The van der Waals surface area contributed by atoms with Gasteiger partial charge in [0.25, 0.3) is 0 Å². The molecule has 1 atom stereocenters. The lowest BCUT2D eigenvalue weighted by Gasteiger charge is -2.16. The molecule has 0 aromatic heterocycles. The Balaban J connectivity index is 1.91. The van der Waals surface area contributed by atoms with Crippen molar-refractivity contribution in [3.8, 4) is 0 Å². The van der Waals surface area contributed by atoms with Crippen molar-refractivity contribution >= 4 is 5.69 Å². The van der Waals surface area contributed by atoms with Gasteiger partial charge in [-0.15, -0.1) is 0 Å². The standard InChI is InChI=1S/C16H17F2N/c1-12(10-11-13-6-3-2-4-7-13)19-15-9-5-8-14(17)16(15)18/h2-9,12,19H,10-11H2,1H3. The molecule has 0 amide bonds. The zero-order valence-corrected chi connectivity index (χ0v) is 10.9. The minimum absolute atomic E-state index is 0.0801. The second-order valence-electron chi connectivity index (χ2n) is 4.67. The van der Waals surface area contributed by atoms with Crippen LogP contribution in [0.25, 0.3) is 0 Å². The molecule has 19 heavy (non-hydrogen) atoms. The van der Waals surface area contributed by atoms with Gasteiger partial charge in [-0.2, -0.15) is 0 Å². The Labute approximate surface area is 112 Å². The van der Waals surface area contributed by atoms with Crippen LogP contribution in [0.5, 0.6) is 0 Å². The van der Waals surface area contributed by atoms with Crippen LogP contribution in [-0.2, 0) is 6.42 Å². The van der Waals surface area contributed by atoms with Gasteiger partial charge >= 0.3 is 0 Å². The van der Waals surface area contributed by atoms with Gasteiger partial charge in [0, 0.05) is 6.04 Å². The number of hydrogen-bond acceptors (Lipinski definition) is 1. The zero-order chi connectivity index (χ0) is 13.7. The lowest BCUT2D eigenvalue weighted by Crippen LogP contribution is -2.17. The Kier molecular flexibility index (Phi) is 4.50. The molecule has 0 bridgehead atoms. The summed E-state index contributed by atoms with van der Waals surface area (Å²) in [6, 6.07) is 14.4. The highest BCUT2D eigenvalue weighted by molar-refractivity contribution is 5.45. The first-order chi connectivity index (χ1) is 9.16. The van der Waals surface area contributed by atoms with Crippen LogP contribution < -0.4 is 5.32 Å². The fourth-order valence-electron chi connectivity index (χ4n) is 1.98. The van der Waals surface area contributed by atoms with Crippen LogP contribution in [0.1, 0.15) is 18.9 Å². The van der Waals surface area contributed by atoms with Crippen LogP contribution in [0.4, 0.5) is 14.5 Å². The summed E-state index contributed by atoms with van der Waals surface area (Å²) >= 11 is 0. The van der Waals surface area contributed by atoms with Gasteiger partial charge in [-0.05, 0) is 37.5 Å². The molecule has 0 spiro atoms. The second kappa shape index (κ2) is 6.32. The van der Waals surface area contributed by atoms with Crippen LogP contribution in [0.3, 0.4) is 0 Å². The minimum Gasteiger partial charge on any atom is -0.380 e. The summed E-state index contributed by atoms with van der Waals surface area (Å²) in [5, 5.41) is 3.01. The van der Waals surface area contributed by atoms with Crippen molar-refractivity contribution in [2.45, 2.75) is 25.8 Å². The topological polar surface area (TPSA) is 12.0 Å². The van der Waals surface area contributed by atoms with Crippen molar-refractivity contribution in [2.75, 3.05) is 5.32 Å². The molecule has 0 saturated carbocycles. The van der Waals surface area contributed by atoms with Crippen LogP contribution in [0.15, 0.2) is 48.5 Å². The first-order valence-electron chi connectivity index (χ1n) is 6.41. The van der Waals surface area contributed by atoms with E-state index in [1.807, 2.05) is 25.1 Å². The predicted octanol–water partition coefficient (Wildman–Crippen LogP) is 4.40. The Bertz CT molecular complexity index is 526. The van der Waals surface area contributed by atoms with Crippen LogP contribution in [-0.4, -0.2) is 6.04 Å². The summed E-state index contributed by atoms with van der Waals surface area (Å²) in [6.07, 6.45) is 1.77. The molecule has 1 N–H and O–H groups in total. The van der Waals surface area contributed by atoms with E-state index in [4.69, 9.17) is 0 Å². The molecular weight excluding hydrogens is 244 g/mol. The minimum atomic E-state index is -0.819. The quantitative estimate of drug-likeness (QED) is 0.841. The molecule has 2 aromatic rings. The van der Waals surface area contributed by atoms with E-state index in [1.54, 1.807) is 6.07 Å². The normalized spacial score (nSPS) is 12.2. The summed E-state index contributed by atoms with van der Waals surface area (Å²) in [7, 11) is 0. The molecule has 1 nitrogen and oxygen atoms in total. The predicted molar refractivity (Wildman–Crippen MR) is 74.2 cm³/mol. The van der Waals surface area contributed by atoms with Gasteiger partial charge in [0.1, 0.15) is 0 Å². The van der Waals surface area contributed by atoms with E-state index in [2.05, 4.69) is 17.4 Å². The van der Waals surface area contributed by atoms with Gasteiger partial charge in [-0.3, -0.25) is 0 Å². The molecule has 3 heteroatoms. The molecule has 0 fully saturated rings. The van der Waals surface area contributed by atoms with Crippen molar-refractivity contribution in [2.24, 2.45) is 0 Å². The summed E-state index contributed by atoms with van der Waals surface area (Å²) < 4.78 is 26.6. The molecule has 0 aliphatic carbocycles. The largest absolute Gasteiger partial charge is 0.380 e. The van der Waals surface area contributed by atoms with E-state index in [9.17, 15) is 8.78 Å². The van der Waals surface area contributed by atoms with Crippen LogP contribution in [0, 0.1) is 11.6 Å². The maximum atomic E-state index is 13.5. The molecule has 0 radical (unpaired) electrons. The third-order valence-corrected chi connectivity index (χ3v) is 3.06. The van der Waals surface area contributed by atoms with E-state index in [1.165, 1.54) is 11.6 Å². The van der Waals surface area contributed by atoms with Crippen LogP contribution in [0.2, 0.25) is 0 Å². The van der Waals surface area contributed by atoms with Crippen molar-refractivity contribution in [1.29, 1.82) is 0 Å². The van der Waals surface area contributed by atoms with Crippen molar-refractivity contribution < 1.29 is 8.78 Å². The molecule has 0 heterocycles. The Morgan fingerprint density at radius 1 is 1.00 bits per heavy atom. The Morgan fingerprint density at radius 3 is 2.47 bits per heavy atom. The van der Waals surface area contributed by atoms with E-state index < -0.39 is 11.6 Å². The number of nitrogens with one attached hydrogen (secondary N) is 1. The van der Waals surface area contributed by atoms with E-state index in [0.29, 0.717) is 0 Å². The Hall–Kier alpha value is -1.90. The number of aryl methyl sites for hydroxylation is 1. The number of halogens is 2. The molecule has 0 aliphatic rings. The molecule has 2 rings (SSSR count). The molecule has 2 aromatic carbocycles. The van der Waals surface area contributed by atoms with Gasteiger partial charge in [-0.25, -0.2) is 8.78 Å². The highest BCUT2D eigenvalue weighted by Gasteiger charge is 2.10. The fourth-order valence-corrected chi connectivity index (χ4v) is 1.98. The third-order valence-electron chi connectivity index (χ3n) is 3.06. The first kappa shape index (κ1) is 13.5. The Morgan fingerprint density at radius 2 is 1.74 bits per heavy atom. The highest BCUT2D eigenvalue weighted by atomic mass is 19.2. The molecule has 100 valence electrons. The molecule has 0 saturated heterocycles. The van der Waals surface area contributed by atoms with Gasteiger partial charge < -0.3 is 5.32 Å². The van der Waals surface area contributed by atoms with Gasteiger partial charge in [0.15, 0.2) is 11.6 Å². The first-order valence-corrected chi connectivity index (χ1v) is 6.41. The van der Waals surface area contributed by atoms with Crippen molar-refractivity contribution in [3.63, 3.8) is 0 Å². The second-order valence-corrected chi connectivity index (χ2v) is 4.67. The lowest BCUT2D eigenvalue weighted by atomic mass is 10.1. The molecular formula is C16H17F2N. The number of hydrogen-bond donors (Lipinski definition) is 1. The average Bonchev–Trinajstić information content (AvgIpc) is 2.43. The van der Waals surface area contributed by atoms with Crippen LogP contribution >= 0.6 is 0 Å². The van der Waals surface area contributed by atoms with E-state index >= 15 is 0 Å². The molecule has 1 unspecified atom stereocenters. The maximum absolute atomic E-state index is 13.5. The number of anilines is 1. The van der Waals surface area contributed by atoms with Crippen molar-refractivity contribution in [3.05, 3.63) is 65.7 Å². The van der Waals surface area contributed by atoms with Gasteiger partial charge in [0.2, 0.25) is 0 Å². The monoisotopic (exact) mass is 261 g/mol. The molecule has 0 aliphatic heterocycles. The zero-order valence-electron chi connectivity index (χ0n) is 10.9. The maximum Gasteiger partial charge on any atom is 0.181 e. The average molecular weight is 261 g/mol. The van der Waals surface area contributed by atoms with E-state index in [-0.39, 0.29) is 11.7 Å². The van der Waals surface area contributed by atoms with E-state index in [0.717, 1.165) is 18.9 Å². The third kappa shape index (κ3) is 3.78. The summed E-state index contributed by atoms with van der Waals surface area (Å²) in [5.74, 6) is -1.63.